The number of halogens is 1. The highest BCUT2D eigenvalue weighted by Gasteiger charge is 2.25. The normalized spacial score (nSPS) is 17.9. The molecular weight excluding hydrogens is 240 g/mol. The first-order chi connectivity index (χ1) is 8.18. The Hall–Kier alpha value is -1.13. The molecule has 1 aliphatic heterocycles. The van der Waals surface area contributed by atoms with Crippen molar-refractivity contribution in [3.05, 3.63) is 29.6 Å². The van der Waals surface area contributed by atoms with Crippen molar-refractivity contribution < 1.29 is 9.53 Å². The largest absolute Gasteiger partial charge is 0.378 e. The van der Waals surface area contributed by atoms with Gasteiger partial charge in [-0.3, -0.25) is 9.78 Å². The van der Waals surface area contributed by atoms with Crippen LogP contribution >= 0.6 is 11.6 Å². The summed E-state index contributed by atoms with van der Waals surface area (Å²) in [5.41, 5.74) is 1.66. The monoisotopic (exact) mass is 254 g/mol. The smallest absolute Gasteiger partial charge is 0.245 e. The van der Waals surface area contributed by atoms with E-state index >= 15 is 0 Å². The second kappa shape index (κ2) is 5.47. The van der Waals surface area contributed by atoms with Gasteiger partial charge in [0.25, 0.3) is 0 Å². The van der Waals surface area contributed by atoms with Crippen molar-refractivity contribution >= 4 is 17.5 Å². The topological polar surface area (TPSA) is 42.4 Å². The van der Waals surface area contributed by atoms with Gasteiger partial charge in [-0.15, -0.1) is 11.6 Å². The minimum atomic E-state index is -0.652. The van der Waals surface area contributed by atoms with E-state index in [0.717, 1.165) is 11.3 Å². The van der Waals surface area contributed by atoms with E-state index in [2.05, 4.69) is 4.98 Å². The highest BCUT2D eigenvalue weighted by Crippen LogP contribution is 2.22. The van der Waals surface area contributed by atoms with Crippen LogP contribution in [0.4, 0.5) is 0 Å². The molecule has 1 aromatic heterocycles. The molecule has 0 radical (unpaired) electrons. The lowest BCUT2D eigenvalue weighted by Gasteiger charge is -2.28. The van der Waals surface area contributed by atoms with Crippen LogP contribution in [0.3, 0.4) is 0 Å². The van der Waals surface area contributed by atoms with Crippen molar-refractivity contribution in [2.45, 2.75) is 12.3 Å². The number of rotatable bonds is 2. The molecule has 1 saturated heterocycles. The summed E-state index contributed by atoms with van der Waals surface area (Å²) < 4.78 is 5.20. The number of hydrogen-bond acceptors (Lipinski definition) is 3. The van der Waals surface area contributed by atoms with Gasteiger partial charge in [-0.1, -0.05) is 6.07 Å². The second-order valence-electron chi connectivity index (χ2n) is 4.03. The minimum absolute atomic E-state index is 0.0689. The van der Waals surface area contributed by atoms with E-state index in [1.807, 2.05) is 19.1 Å². The number of aromatic nitrogens is 1. The highest BCUT2D eigenvalue weighted by molar-refractivity contribution is 6.30. The zero-order chi connectivity index (χ0) is 12.3. The van der Waals surface area contributed by atoms with E-state index < -0.39 is 5.38 Å². The molecule has 1 aliphatic rings. The summed E-state index contributed by atoms with van der Waals surface area (Å²) in [6.45, 7) is 4.29. The van der Waals surface area contributed by atoms with Crippen LogP contribution in [0.5, 0.6) is 0 Å². The van der Waals surface area contributed by atoms with Gasteiger partial charge in [0, 0.05) is 25.0 Å². The highest BCUT2D eigenvalue weighted by atomic mass is 35.5. The lowest BCUT2D eigenvalue weighted by molar-refractivity contribution is -0.134. The van der Waals surface area contributed by atoms with Crippen molar-refractivity contribution in [1.29, 1.82) is 0 Å². The maximum Gasteiger partial charge on any atom is 0.245 e. The van der Waals surface area contributed by atoms with Gasteiger partial charge < -0.3 is 9.64 Å². The molecule has 1 aromatic rings. The number of alkyl halides is 1. The molecule has 1 atom stereocenters. The van der Waals surface area contributed by atoms with Gasteiger partial charge in [0.1, 0.15) is 5.38 Å². The van der Waals surface area contributed by atoms with Crippen LogP contribution in [-0.4, -0.2) is 42.1 Å². The molecule has 0 aliphatic carbocycles. The lowest BCUT2D eigenvalue weighted by Crippen LogP contribution is -2.42. The Balaban J connectivity index is 2.05. The third-order valence-corrected chi connectivity index (χ3v) is 3.21. The molecule has 5 heteroatoms. The fourth-order valence-electron chi connectivity index (χ4n) is 1.72. The predicted molar refractivity (Wildman–Crippen MR) is 65.0 cm³/mol. The van der Waals surface area contributed by atoms with Crippen LogP contribution in [0.25, 0.3) is 0 Å². The zero-order valence-corrected chi connectivity index (χ0v) is 10.5. The molecule has 2 heterocycles. The number of ether oxygens (including phenoxy) is 1. The first-order valence-corrected chi connectivity index (χ1v) is 6.05. The minimum Gasteiger partial charge on any atom is -0.378 e. The molecule has 1 fully saturated rings. The van der Waals surface area contributed by atoms with E-state index in [4.69, 9.17) is 16.3 Å². The van der Waals surface area contributed by atoms with Gasteiger partial charge in [-0.2, -0.15) is 0 Å². The quantitative estimate of drug-likeness (QED) is 0.752. The maximum atomic E-state index is 12.1. The van der Waals surface area contributed by atoms with Crippen LogP contribution in [-0.2, 0) is 9.53 Å². The predicted octanol–water partition coefficient (Wildman–Crippen LogP) is 1.53. The summed E-state index contributed by atoms with van der Waals surface area (Å²) in [6, 6.07) is 3.70. The fourth-order valence-corrected chi connectivity index (χ4v) is 1.98. The third-order valence-electron chi connectivity index (χ3n) is 2.77. The number of amides is 1. The van der Waals surface area contributed by atoms with Crippen LogP contribution in [0.15, 0.2) is 18.3 Å². The summed E-state index contributed by atoms with van der Waals surface area (Å²) in [5, 5.41) is -0.652. The van der Waals surface area contributed by atoms with E-state index in [1.54, 1.807) is 11.1 Å². The van der Waals surface area contributed by atoms with E-state index in [-0.39, 0.29) is 5.91 Å². The lowest BCUT2D eigenvalue weighted by atomic mass is 10.1. The molecule has 2 rings (SSSR count). The number of carbonyl (C=O) groups excluding carboxylic acids is 1. The average molecular weight is 255 g/mol. The maximum absolute atomic E-state index is 12.1. The number of pyridine rings is 1. The molecule has 0 saturated carbocycles. The summed E-state index contributed by atoms with van der Waals surface area (Å²) in [5.74, 6) is -0.0689. The van der Waals surface area contributed by atoms with E-state index in [9.17, 15) is 4.79 Å². The number of nitrogens with zero attached hydrogens (tertiary/aromatic N) is 2. The Morgan fingerprint density at radius 3 is 2.76 bits per heavy atom. The molecule has 1 amide bonds. The van der Waals surface area contributed by atoms with Crippen LogP contribution in [0, 0.1) is 6.92 Å². The third kappa shape index (κ3) is 2.96. The van der Waals surface area contributed by atoms with E-state index in [1.165, 1.54) is 0 Å². The van der Waals surface area contributed by atoms with Crippen molar-refractivity contribution in [2.75, 3.05) is 26.3 Å². The second-order valence-corrected chi connectivity index (χ2v) is 4.47. The first kappa shape index (κ1) is 12.3. The summed E-state index contributed by atoms with van der Waals surface area (Å²) in [4.78, 5) is 18.0. The van der Waals surface area contributed by atoms with Gasteiger partial charge in [0.05, 0.1) is 13.2 Å². The van der Waals surface area contributed by atoms with Crippen molar-refractivity contribution in [3.8, 4) is 0 Å². The Morgan fingerprint density at radius 2 is 2.18 bits per heavy atom. The summed E-state index contributed by atoms with van der Waals surface area (Å²) >= 11 is 6.17. The van der Waals surface area contributed by atoms with Crippen molar-refractivity contribution in [3.63, 3.8) is 0 Å². The molecular formula is C12H15ClN2O2. The van der Waals surface area contributed by atoms with Gasteiger partial charge in [-0.25, -0.2) is 0 Å². The summed E-state index contributed by atoms with van der Waals surface area (Å²) in [7, 11) is 0. The molecule has 0 aromatic carbocycles. The number of carbonyl (C=O) groups is 1. The molecule has 0 bridgehead atoms. The molecule has 1 unspecified atom stereocenters. The van der Waals surface area contributed by atoms with Gasteiger partial charge in [-0.05, 0) is 18.6 Å². The van der Waals surface area contributed by atoms with Crippen LogP contribution in [0.1, 0.15) is 16.6 Å². The van der Waals surface area contributed by atoms with Gasteiger partial charge in [0.2, 0.25) is 5.91 Å². The fraction of sp³-hybridized carbons (Fsp3) is 0.500. The van der Waals surface area contributed by atoms with E-state index in [0.29, 0.717) is 26.3 Å². The SMILES string of the molecule is Cc1ccc(C(Cl)C(=O)N2CCOCC2)cn1. The molecule has 92 valence electrons. The first-order valence-electron chi connectivity index (χ1n) is 5.61. The summed E-state index contributed by atoms with van der Waals surface area (Å²) in [6.07, 6.45) is 1.66. The number of morpholine rings is 1. The van der Waals surface area contributed by atoms with Crippen molar-refractivity contribution in [2.24, 2.45) is 0 Å². The average Bonchev–Trinajstić information content (AvgIpc) is 2.39. The Kier molecular flexibility index (Phi) is 3.97. The molecule has 0 N–H and O–H groups in total. The number of hydrogen-bond donors (Lipinski definition) is 0. The Morgan fingerprint density at radius 1 is 1.47 bits per heavy atom. The Labute approximate surface area is 106 Å². The van der Waals surface area contributed by atoms with Gasteiger partial charge in [0.15, 0.2) is 0 Å². The number of aryl methyl sites for hydroxylation is 1. The van der Waals surface area contributed by atoms with Crippen LogP contribution in [0.2, 0.25) is 0 Å². The van der Waals surface area contributed by atoms with Crippen molar-refractivity contribution in [1.82, 2.24) is 9.88 Å². The zero-order valence-electron chi connectivity index (χ0n) is 9.73. The molecule has 0 spiro atoms. The molecule has 17 heavy (non-hydrogen) atoms. The standard InChI is InChI=1S/C12H15ClN2O2/c1-9-2-3-10(8-14-9)11(13)12(16)15-4-6-17-7-5-15/h2-3,8,11H,4-7H2,1H3. The van der Waals surface area contributed by atoms with Crippen LogP contribution < -0.4 is 0 Å². The molecule has 4 nitrogen and oxygen atoms in total. The Bertz CT molecular complexity index is 388. The van der Waals surface area contributed by atoms with Gasteiger partial charge >= 0.3 is 0 Å².